The van der Waals surface area contributed by atoms with Crippen LogP contribution in [0.15, 0.2) is 72.8 Å². The summed E-state index contributed by atoms with van der Waals surface area (Å²) in [7, 11) is 0. The lowest BCUT2D eigenvalue weighted by atomic mass is 9.97. The molecule has 3 nitrogen and oxygen atoms in total. The molecule has 1 N–H and O–H groups in total. The van der Waals surface area contributed by atoms with Gasteiger partial charge in [0, 0.05) is 17.2 Å². The van der Waals surface area contributed by atoms with Crippen molar-refractivity contribution in [2.24, 2.45) is 0 Å². The summed E-state index contributed by atoms with van der Waals surface area (Å²) in [5.41, 5.74) is 4.54. The summed E-state index contributed by atoms with van der Waals surface area (Å²) in [6.07, 6.45) is 0. The quantitative estimate of drug-likeness (QED) is 0.421. The lowest BCUT2D eigenvalue weighted by molar-refractivity contribution is 0.627. The molecule has 3 aromatic carbocycles. The molecule has 0 saturated heterocycles. The molecule has 5 heteroatoms. The predicted molar refractivity (Wildman–Crippen MR) is 114 cm³/mol. The van der Waals surface area contributed by atoms with E-state index < -0.39 is 0 Å². The Balaban J connectivity index is 1.53. The largest absolute Gasteiger partial charge is 0.330 e. The minimum Gasteiger partial charge on any atom is -0.330 e. The molecule has 1 heterocycles. The van der Waals surface area contributed by atoms with Crippen LogP contribution in [0.2, 0.25) is 0 Å². The third-order valence-electron chi connectivity index (χ3n) is 4.69. The molecule has 0 aliphatic carbocycles. The predicted octanol–water partition coefficient (Wildman–Crippen LogP) is 6.55. The molecule has 0 spiro atoms. The number of aryl methyl sites for hydroxylation is 1. The van der Waals surface area contributed by atoms with Crippen molar-refractivity contribution >= 4 is 22.2 Å². The molecule has 4 aromatic rings. The van der Waals surface area contributed by atoms with Crippen LogP contribution in [0.4, 0.5) is 15.2 Å². The van der Waals surface area contributed by atoms with E-state index in [1.54, 1.807) is 6.07 Å². The fourth-order valence-electron chi connectivity index (χ4n) is 3.02. The lowest BCUT2D eigenvalue weighted by Gasteiger charge is -2.11. The first-order valence-electron chi connectivity index (χ1n) is 9.12. The topological polar surface area (TPSA) is 37.8 Å². The number of benzene rings is 3. The highest BCUT2D eigenvalue weighted by Gasteiger charge is 2.16. The molecule has 0 radical (unpaired) electrons. The van der Waals surface area contributed by atoms with Gasteiger partial charge in [-0.2, -0.15) is 0 Å². The highest BCUT2D eigenvalue weighted by Crippen LogP contribution is 2.32. The van der Waals surface area contributed by atoms with Crippen LogP contribution in [0.5, 0.6) is 0 Å². The Bertz CT molecular complexity index is 1070. The van der Waals surface area contributed by atoms with Gasteiger partial charge in [0.25, 0.3) is 0 Å². The monoisotopic (exact) mass is 389 g/mol. The number of halogens is 1. The Hall–Kier alpha value is -3.05. The Labute approximate surface area is 167 Å². The summed E-state index contributed by atoms with van der Waals surface area (Å²) in [5, 5.41) is 13.4. The van der Waals surface area contributed by atoms with Gasteiger partial charge in [0.1, 0.15) is 10.8 Å². The molecule has 0 amide bonds. The van der Waals surface area contributed by atoms with E-state index in [4.69, 9.17) is 0 Å². The average molecular weight is 389 g/mol. The molecule has 1 aromatic heterocycles. The van der Waals surface area contributed by atoms with Gasteiger partial charge in [-0.3, -0.25) is 0 Å². The second-order valence-electron chi connectivity index (χ2n) is 6.76. The van der Waals surface area contributed by atoms with Crippen molar-refractivity contribution in [3.63, 3.8) is 0 Å². The molecule has 0 aliphatic rings. The second-order valence-corrected chi connectivity index (χ2v) is 7.77. The molecular formula is C23H20FN3S. The van der Waals surface area contributed by atoms with Crippen molar-refractivity contribution in [1.29, 1.82) is 0 Å². The molecule has 0 fully saturated rings. The highest BCUT2D eigenvalue weighted by molar-refractivity contribution is 7.15. The normalized spacial score (nSPS) is 12.0. The van der Waals surface area contributed by atoms with E-state index in [0.29, 0.717) is 5.56 Å². The highest BCUT2D eigenvalue weighted by atomic mass is 32.1. The van der Waals surface area contributed by atoms with Gasteiger partial charge >= 0.3 is 0 Å². The van der Waals surface area contributed by atoms with Crippen LogP contribution >= 0.6 is 11.3 Å². The molecule has 28 heavy (non-hydrogen) atoms. The van der Waals surface area contributed by atoms with Crippen LogP contribution in [0.25, 0.3) is 11.1 Å². The molecule has 4 rings (SSSR count). The molecule has 0 bridgehead atoms. The first-order chi connectivity index (χ1) is 13.6. The molecular weight excluding hydrogens is 369 g/mol. The average Bonchev–Trinajstić information content (AvgIpc) is 3.18. The summed E-state index contributed by atoms with van der Waals surface area (Å²) < 4.78 is 14.7. The minimum atomic E-state index is -0.224. The number of hydrogen-bond acceptors (Lipinski definition) is 4. The van der Waals surface area contributed by atoms with E-state index in [1.165, 1.54) is 16.9 Å². The van der Waals surface area contributed by atoms with E-state index in [-0.39, 0.29) is 11.7 Å². The van der Waals surface area contributed by atoms with Crippen molar-refractivity contribution < 1.29 is 4.39 Å². The fraction of sp³-hybridized carbons (Fsp3) is 0.130. The summed E-state index contributed by atoms with van der Waals surface area (Å²) in [6.45, 7) is 4.07. The first-order valence-corrected chi connectivity index (χ1v) is 9.94. The third-order valence-corrected chi connectivity index (χ3v) is 5.71. The van der Waals surface area contributed by atoms with Gasteiger partial charge in [-0.25, -0.2) is 4.39 Å². The van der Waals surface area contributed by atoms with Gasteiger partial charge < -0.3 is 5.32 Å². The van der Waals surface area contributed by atoms with Crippen LogP contribution in [-0.2, 0) is 0 Å². The van der Waals surface area contributed by atoms with E-state index in [9.17, 15) is 4.39 Å². The smallest absolute Gasteiger partial charge is 0.210 e. The van der Waals surface area contributed by atoms with Crippen LogP contribution < -0.4 is 5.32 Å². The van der Waals surface area contributed by atoms with Gasteiger partial charge in [0.15, 0.2) is 0 Å². The van der Waals surface area contributed by atoms with E-state index in [1.807, 2.05) is 73.7 Å². The summed E-state index contributed by atoms with van der Waals surface area (Å²) in [5.74, 6) is -0.261. The van der Waals surface area contributed by atoms with Crippen molar-refractivity contribution in [2.75, 3.05) is 5.32 Å². The van der Waals surface area contributed by atoms with Gasteiger partial charge in [-0.15, -0.1) is 10.2 Å². The number of nitrogens with one attached hydrogen (secondary N) is 1. The fourth-order valence-corrected chi connectivity index (χ4v) is 3.86. The zero-order chi connectivity index (χ0) is 19.5. The number of rotatable bonds is 5. The second kappa shape index (κ2) is 7.90. The Morgan fingerprint density at radius 1 is 0.929 bits per heavy atom. The standard InChI is InChI=1S/C23H20FN3S/c1-15-8-11-19(12-9-15)25-23-27-26-22(28-23)16(2)18-10-13-20(21(24)14-18)17-6-4-3-5-7-17/h3-14,16H,1-2H3,(H,25,27). The summed E-state index contributed by atoms with van der Waals surface area (Å²) in [6, 6.07) is 23.1. The van der Waals surface area contributed by atoms with Crippen LogP contribution in [-0.4, -0.2) is 10.2 Å². The van der Waals surface area contributed by atoms with Crippen molar-refractivity contribution in [2.45, 2.75) is 19.8 Å². The van der Waals surface area contributed by atoms with Gasteiger partial charge in [-0.1, -0.05) is 78.4 Å². The van der Waals surface area contributed by atoms with Crippen LogP contribution in [0, 0.1) is 12.7 Å². The SMILES string of the molecule is Cc1ccc(Nc2nnc(C(C)c3ccc(-c4ccccc4)c(F)c3)s2)cc1. The van der Waals surface area contributed by atoms with E-state index in [0.717, 1.165) is 27.0 Å². The van der Waals surface area contributed by atoms with Crippen molar-refractivity contribution in [3.05, 3.63) is 94.7 Å². The van der Waals surface area contributed by atoms with Gasteiger partial charge in [0.2, 0.25) is 5.13 Å². The van der Waals surface area contributed by atoms with Crippen molar-refractivity contribution in [1.82, 2.24) is 10.2 Å². The third kappa shape index (κ3) is 3.94. The summed E-state index contributed by atoms with van der Waals surface area (Å²) >= 11 is 1.49. The summed E-state index contributed by atoms with van der Waals surface area (Å²) in [4.78, 5) is 0. The maximum Gasteiger partial charge on any atom is 0.210 e. The number of nitrogens with zero attached hydrogens (tertiary/aromatic N) is 2. The van der Waals surface area contributed by atoms with Gasteiger partial charge in [0.05, 0.1) is 0 Å². The molecule has 0 saturated carbocycles. The van der Waals surface area contributed by atoms with Crippen molar-refractivity contribution in [3.8, 4) is 11.1 Å². The first kappa shape index (κ1) is 18.3. The Morgan fingerprint density at radius 2 is 1.68 bits per heavy atom. The molecule has 1 unspecified atom stereocenters. The maximum absolute atomic E-state index is 14.7. The number of hydrogen-bond donors (Lipinski definition) is 1. The van der Waals surface area contributed by atoms with Gasteiger partial charge in [-0.05, 0) is 36.2 Å². The van der Waals surface area contributed by atoms with Crippen LogP contribution in [0.1, 0.15) is 29.0 Å². The number of anilines is 2. The molecule has 140 valence electrons. The molecule has 1 atom stereocenters. The minimum absolute atomic E-state index is 0.0367. The van der Waals surface area contributed by atoms with E-state index >= 15 is 0 Å². The molecule has 0 aliphatic heterocycles. The number of aromatic nitrogens is 2. The maximum atomic E-state index is 14.7. The van der Waals surface area contributed by atoms with Crippen LogP contribution in [0.3, 0.4) is 0 Å². The van der Waals surface area contributed by atoms with E-state index in [2.05, 4.69) is 22.4 Å². The zero-order valence-corrected chi connectivity index (χ0v) is 16.5. The lowest BCUT2D eigenvalue weighted by Crippen LogP contribution is -1.97. The zero-order valence-electron chi connectivity index (χ0n) is 15.7. The Kier molecular flexibility index (Phi) is 5.17. The Morgan fingerprint density at radius 3 is 2.39 bits per heavy atom.